The van der Waals surface area contributed by atoms with Crippen LogP contribution in [0.5, 0.6) is 0 Å². The number of anilines is 1. The minimum absolute atomic E-state index is 0.663. The molecule has 0 unspecified atom stereocenters. The highest BCUT2D eigenvalue weighted by Crippen LogP contribution is 2.30. The van der Waals surface area contributed by atoms with E-state index in [2.05, 4.69) is 31.1 Å². The van der Waals surface area contributed by atoms with Gasteiger partial charge in [0.2, 0.25) is 5.95 Å². The van der Waals surface area contributed by atoms with Gasteiger partial charge in [-0.25, -0.2) is 4.98 Å². The minimum Gasteiger partial charge on any atom is -0.361 e. The summed E-state index contributed by atoms with van der Waals surface area (Å²) in [4.78, 5) is 9.13. The van der Waals surface area contributed by atoms with E-state index in [0.717, 1.165) is 44.6 Å². The van der Waals surface area contributed by atoms with Gasteiger partial charge in [-0.1, -0.05) is 28.9 Å². The molecular formula is C19H18ClN5O. The van der Waals surface area contributed by atoms with Gasteiger partial charge in [0.05, 0.1) is 17.8 Å². The second kappa shape index (κ2) is 6.46. The number of pyridine rings is 1. The van der Waals surface area contributed by atoms with E-state index in [0.29, 0.717) is 12.2 Å². The second-order valence-electron chi connectivity index (χ2n) is 6.16. The van der Waals surface area contributed by atoms with Crippen molar-refractivity contribution in [3.05, 3.63) is 58.6 Å². The SMILES string of the molecule is CNc1nc2ncc(-c3c(C)noc3C)cc2n1Cc1ccc(Cl)cc1. The number of benzene rings is 1. The zero-order valence-corrected chi connectivity index (χ0v) is 15.5. The van der Waals surface area contributed by atoms with Crippen molar-refractivity contribution in [3.8, 4) is 11.1 Å². The van der Waals surface area contributed by atoms with Crippen LogP contribution in [0.3, 0.4) is 0 Å². The highest BCUT2D eigenvalue weighted by molar-refractivity contribution is 6.30. The zero-order valence-electron chi connectivity index (χ0n) is 14.7. The molecule has 1 aromatic carbocycles. The van der Waals surface area contributed by atoms with E-state index >= 15 is 0 Å². The lowest BCUT2D eigenvalue weighted by atomic mass is 10.1. The molecule has 132 valence electrons. The maximum Gasteiger partial charge on any atom is 0.205 e. The molecule has 3 heterocycles. The standard InChI is InChI=1S/C19H18ClN5O/c1-11-17(12(2)26-24-11)14-8-16-18(22-9-14)23-19(21-3)25(16)10-13-4-6-15(20)7-5-13/h4-9H,10H2,1-3H3,(H,21,22,23). The number of imidazole rings is 1. The molecule has 4 aromatic rings. The molecule has 0 aliphatic rings. The minimum atomic E-state index is 0.663. The summed E-state index contributed by atoms with van der Waals surface area (Å²) in [6.45, 7) is 4.50. The number of halogens is 1. The summed E-state index contributed by atoms with van der Waals surface area (Å²) in [5.74, 6) is 1.54. The number of aromatic nitrogens is 4. The smallest absolute Gasteiger partial charge is 0.205 e. The molecule has 0 atom stereocenters. The van der Waals surface area contributed by atoms with E-state index in [9.17, 15) is 0 Å². The van der Waals surface area contributed by atoms with Gasteiger partial charge in [-0.05, 0) is 37.6 Å². The first-order valence-corrected chi connectivity index (χ1v) is 8.66. The van der Waals surface area contributed by atoms with Crippen LogP contribution in [0, 0.1) is 13.8 Å². The average Bonchev–Trinajstić information content (AvgIpc) is 3.16. The Morgan fingerprint density at radius 2 is 1.96 bits per heavy atom. The molecule has 0 saturated heterocycles. The third-order valence-electron chi connectivity index (χ3n) is 4.41. The van der Waals surface area contributed by atoms with Gasteiger partial charge in [0.15, 0.2) is 5.65 Å². The Labute approximate surface area is 155 Å². The van der Waals surface area contributed by atoms with Crippen molar-refractivity contribution in [2.45, 2.75) is 20.4 Å². The maximum absolute atomic E-state index is 6.00. The molecule has 0 aliphatic heterocycles. The summed E-state index contributed by atoms with van der Waals surface area (Å²) in [6.07, 6.45) is 1.81. The van der Waals surface area contributed by atoms with Gasteiger partial charge in [0, 0.05) is 29.4 Å². The molecule has 0 fully saturated rings. The molecule has 0 saturated carbocycles. The molecule has 0 spiro atoms. The van der Waals surface area contributed by atoms with Crippen molar-refractivity contribution in [2.24, 2.45) is 0 Å². The number of hydrogen-bond donors (Lipinski definition) is 1. The van der Waals surface area contributed by atoms with Crippen LogP contribution >= 0.6 is 11.6 Å². The van der Waals surface area contributed by atoms with E-state index < -0.39 is 0 Å². The fraction of sp³-hybridized carbons (Fsp3) is 0.211. The van der Waals surface area contributed by atoms with E-state index in [1.807, 2.05) is 51.4 Å². The van der Waals surface area contributed by atoms with Crippen LogP contribution in [-0.4, -0.2) is 26.7 Å². The molecule has 0 aliphatic carbocycles. The van der Waals surface area contributed by atoms with Gasteiger partial charge in [-0.2, -0.15) is 4.98 Å². The molecule has 7 heteroatoms. The quantitative estimate of drug-likeness (QED) is 0.577. The van der Waals surface area contributed by atoms with Crippen LogP contribution in [0.25, 0.3) is 22.3 Å². The lowest BCUT2D eigenvalue weighted by Gasteiger charge is -2.09. The van der Waals surface area contributed by atoms with Gasteiger partial charge in [0.25, 0.3) is 0 Å². The fourth-order valence-corrected chi connectivity index (χ4v) is 3.29. The molecule has 6 nitrogen and oxygen atoms in total. The Bertz CT molecular complexity index is 1060. The molecule has 0 amide bonds. The van der Waals surface area contributed by atoms with Gasteiger partial charge in [0.1, 0.15) is 5.76 Å². The topological polar surface area (TPSA) is 68.8 Å². The van der Waals surface area contributed by atoms with Crippen LogP contribution in [0.15, 0.2) is 41.1 Å². The Kier molecular flexibility index (Phi) is 4.12. The number of rotatable bonds is 4. The van der Waals surface area contributed by atoms with Gasteiger partial charge >= 0.3 is 0 Å². The zero-order chi connectivity index (χ0) is 18.3. The van der Waals surface area contributed by atoms with Crippen molar-refractivity contribution < 1.29 is 4.52 Å². The number of nitrogens with one attached hydrogen (secondary N) is 1. The van der Waals surface area contributed by atoms with Crippen LogP contribution in [-0.2, 0) is 6.54 Å². The largest absolute Gasteiger partial charge is 0.361 e. The predicted molar refractivity (Wildman–Crippen MR) is 103 cm³/mol. The summed E-state index contributed by atoms with van der Waals surface area (Å²) in [5, 5.41) is 7.91. The van der Waals surface area contributed by atoms with E-state index in [4.69, 9.17) is 16.1 Å². The first-order chi connectivity index (χ1) is 12.6. The number of aryl methyl sites for hydroxylation is 2. The molecule has 4 rings (SSSR count). The van der Waals surface area contributed by atoms with E-state index in [1.165, 1.54) is 0 Å². The van der Waals surface area contributed by atoms with Gasteiger partial charge in [-0.3, -0.25) is 0 Å². The molecule has 1 N–H and O–H groups in total. The molecule has 0 radical (unpaired) electrons. The van der Waals surface area contributed by atoms with Gasteiger partial charge in [-0.15, -0.1) is 0 Å². The number of hydrogen-bond acceptors (Lipinski definition) is 5. The van der Waals surface area contributed by atoms with Crippen molar-refractivity contribution in [2.75, 3.05) is 12.4 Å². The highest BCUT2D eigenvalue weighted by Gasteiger charge is 2.16. The van der Waals surface area contributed by atoms with Crippen molar-refractivity contribution in [1.29, 1.82) is 0 Å². The van der Waals surface area contributed by atoms with Crippen LogP contribution in [0.4, 0.5) is 5.95 Å². The Morgan fingerprint density at radius 1 is 1.19 bits per heavy atom. The Morgan fingerprint density at radius 3 is 2.62 bits per heavy atom. The molecular weight excluding hydrogens is 350 g/mol. The first kappa shape index (κ1) is 16.6. The summed E-state index contributed by atoms with van der Waals surface area (Å²) < 4.78 is 7.40. The Hall–Kier alpha value is -2.86. The fourth-order valence-electron chi connectivity index (χ4n) is 3.16. The van der Waals surface area contributed by atoms with E-state index in [1.54, 1.807) is 0 Å². The van der Waals surface area contributed by atoms with Crippen LogP contribution in [0.1, 0.15) is 17.0 Å². The summed E-state index contributed by atoms with van der Waals surface area (Å²) in [6, 6.07) is 9.89. The average molecular weight is 368 g/mol. The maximum atomic E-state index is 6.00. The lowest BCUT2D eigenvalue weighted by Crippen LogP contribution is -2.05. The van der Waals surface area contributed by atoms with Gasteiger partial charge < -0.3 is 14.4 Å². The molecule has 3 aromatic heterocycles. The lowest BCUT2D eigenvalue weighted by molar-refractivity contribution is 0.393. The van der Waals surface area contributed by atoms with Crippen LogP contribution in [0.2, 0.25) is 5.02 Å². The second-order valence-corrected chi connectivity index (χ2v) is 6.60. The summed E-state index contributed by atoms with van der Waals surface area (Å²) in [5.41, 5.74) is 5.56. The van der Waals surface area contributed by atoms with E-state index in [-0.39, 0.29) is 0 Å². The first-order valence-electron chi connectivity index (χ1n) is 8.28. The molecule has 0 bridgehead atoms. The monoisotopic (exact) mass is 367 g/mol. The van der Waals surface area contributed by atoms with Crippen molar-refractivity contribution in [1.82, 2.24) is 19.7 Å². The summed E-state index contributed by atoms with van der Waals surface area (Å²) in [7, 11) is 1.86. The Balaban J connectivity index is 1.85. The predicted octanol–water partition coefficient (Wildman–Crippen LogP) is 4.45. The van der Waals surface area contributed by atoms with Crippen molar-refractivity contribution in [3.63, 3.8) is 0 Å². The third-order valence-corrected chi connectivity index (χ3v) is 4.66. The van der Waals surface area contributed by atoms with Crippen molar-refractivity contribution >= 4 is 28.7 Å². The summed E-state index contributed by atoms with van der Waals surface area (Å²) >= 11 is 6.00. The molecule has 26 heavy (non-hydrogen) atoms. The number of fused-ring (bicyclic) bond motifs is 1. The highest BCUT2D eigenvalue weighted by atomic mass is 35.5. The third kappa shape index (κ3) is 2.82. The number of nitrogens with zero attached hydrogens (tertiary/aromatic N) is 4. The normalized spacial score (nSPS) is 11.2. The van der Waals surface area contributed by atoms with Crippen LogP contribution < -0.4 is 5.32 Å².